The average Bonchev–Trinajstić information content (AvgIpc) is 2.96. The molecule has 2 N–H and O–H groups in total. The van der Waals surface area contributed by atoms with Crippen molar-refractivity contribution in [3.05, 3.63) is 40.6 Å². The Morgan fingerprint density at radius 2 is 2.06 bits per heavy atom. The average molecular weight is 438 g/mol. The van der Waals surface area contributed by atoms with Crippen molar-refractivity contribution in [2.75, 3.05) is 5.73 Å². The van der Waals surface area contributed by atoms with Gasteiger partial charge in [0.25, 0.3) is 0 Å². The summed E-state index contributed by atoms with van der Waals surface area (Å²) in [6.45, 7) is 14.7. The Bertz CT molecular complexity index is 1120. The SMILES string of the molecule is C=C1CC[C@@H]2C(C)(C)CCC[C@@]2(C)[C@@H]1CCC(C)=CCn1c(=O)n(C)c2ncnc(N)c21. The summed E-state index contributed by atoms with van der Waals surface area (Å²) in [5.74, 6) is 1.70. The normalized spacial score (nSPS) is 28.2. The molecule has 2 fully saturated rings. The van der Waals surface area contributed by atoms with E-state index in [1.54, 1.807) is 11.6 Å². The molecule has 174 valence electrons. The van der Waals surface area contributed by atoms with Gasteiger partial charge in [-0.25, -0.2) is 14.8 Å². The van der Waals surface area contributed by atoms with Gasteiger partial charge in [-0.05, 0) is 68.1 Å². The summed E-state index contributed by atoms with van der Waals surface area (Å²) in [5, 5.41) is 0. The van der Waals surface area contributed by atoms with Crippen LogP contribution in [0.5, 0.6) is 0 Å². The van der Waals surface area contributed by atoms with Gasteiger partial charge in [-0.3, -0.25) is 9.13 Å². The summed E-state index contributed by atoms with van der Waals surface area (Å²) in [7, 11) is 1.72. The van der Waals surface area contributed by atoms with Gasteiger partial charge in [-0.15, -0.1) is 0 Å². The van der Waals surface area contributed by atoms with Crippen LogP contribution in [0.2, 0.25) is 0 Å². The zero-order valence-electron chi connectivity index (χ0n) is 20.4. The highest BCUT2D eigenvalue weighted by atomic mass is 16.1. The number of hydrogen-bond donors (Lipinski definition) is 1. The summed E-state index contributed by atoms with van der Waals surface area (Å²) in [6, 6.07) is 0. The molecule has 3 atom stereocenters. The van der Waals surface area contributed by atoms with Gasteiger partial charge in [0.05, 0.1) is 0 Å². The summed E-state index contributed by atoms with van der Waals surface area (Å²) in [4.78, 5) is 21.0. The molecule has 0 unspecified atom stereocenters. The quantitative estimate of drug-likeness (QED) is 0.649. The fourth-order valence-corrected chi connectivity index (χ4v) is 6.95. The number of rotatable bonds is 5. The highest BCUT2D eigenvalue weighted by molar-refractivity contribution is 5.82. The third kappa shape index (κ3) is 3.71. The molecule has 6 heteroatoms. The summed E-state index contributed by atoms with van der Waals surface area (Å²) < 4.78 is 3.21. The predicted octanol–water partition coefficient (Wildman–Crippen LogP) is 5.24. The van der Waals surface area contributed by atoms with Gasteiger partial charge in [-0.2, -0.15) is 0 Å². The zero-order chi connectivity index (χ0) is 23.3. The van der Waals surface area contributed by atoms with Crippen LogP contribution >= 0.6 is 0 Å². The standard InChI is InChI=1S/C26H39N5O/c1-17(12-15-31-21-22(27)28-16-29-23(21)30(6)24(31)32)8-10-19-18(2)9-11-20-25(3,4)13-7-14-26(19,20)5/h12,16,19-20H,2,7-11,13-15H2,1,3-6H3,(H2,27,28,29)/t19-,20-,26+/m1/s1. The molecule has 0 bridgehead atoms. The van der Waals surface area contributed by atoms with Crippen molar-refractivity contribution in [2.45, 2.75) is 79.2 Å². The highest BCUT2D eigenvalue weighted by Gasteiger charge is 2.52. The van der Waals surface area contributed by atoms with Crippen molar-refractivity contribution in [1.82, 2.24) is 19.1 Å². The second-order valence-corrected chi connectivity index (χ2v) is 11.1. The first kappa shape index (κ1) is 22.8. The van der Waals surface area contributed by atoms with E-state index in [2.05, 4.69) is 50.3 Å². The number of nitrogens with zero attached hydrogens (tertiary/aromatic N) is 4. The zero-order valence-corrected chi connectivity index (χ0v) is 20.4. The molecule has 0 saturated heterocycles. The highest BCUT2D eigenvalue weighted by Crippen LogP contribution is 2.61. The molecule has 4 rings (SSSR count). The molecule has 0 aromatic carbocycles. The second kappa shape index (κ2) is 8.20. The van der Waals surface area contributed by atoms with Crippen LogP contribution in [-0.4, -0.2) is 19.1 Å². The number of aryl methyl sites for hydroxylation is 1. The van der Waals surface area contributed by atoms with E-state index in [-0.39, 0.29) is 5.69 Å². The molecule has 2 aliphatic carbocycles. The molecule has 2 saturated carbocycles. The lowest BCUT2D eigenvalue weighted by Crippen LogP contribution is -2.49. The van der Waals surface area contributed by atoms with Crippen LogP contribution in [0.1, 0.15) is 72.6 Å². The van der Waals surface area contributed by atoms with Crippen molar-refractivity contribution < 1.29 is 0 Å². The Morgan fingerprint density at radius 3 is 2.81 bits per heavy atom. The number of imidazole rings is 1. The fourth-order valence-electron chi connectivity index (χ4n) is 6.95. The van der Waals surface area contributed by atoms with Gasteiger partial charge in [0, 0.05) is 13.6 Å². The Labute approximate surface area is 191 Å². The molecular weight excluding hydrogens is 398 g/mol. The number of aromatic nitrogens is 4. The minimum Gasteiger partial charge on any atom is -0.382 e. The largest absolute Gasteiger partial charge is 0.382 e. The molecule has 0 spiro atoms. The number of nitrogen functional groups attached to an aromatic ring is 1. The first-order chi connectivity index (χ1) is 15.1. The lowest BCUT2D eigenvalue weighted by atomic mass is 9.47. The number of fused-ring (bicyclic) bond motifs is 2. The van der Waals surface area contributed by atoms with Gasteiger partial charge < -0.3 is 5.73 Å². The molecule has 32 heavy (non-hydrogen) atoms. The Morgan fingerprint density at radius 1 is 1.31 bits per heavy atom. The van der Waals surface area contributed by atoms with E-state index >= 15 is 0 Å². The van der Waals surface area contributed by atoms with E-state index in [0.717, 1.165) is 18.8 Å². The van der Waals surface area contributed by atoms with Crippen LogP contribution in [0.15, 0.2) is 34.9 Å². The maximum atomic E-state index is 12.7. The van der Waals surface area contributed by atoms with Crippen molar-refractivity contribution in [3.63, 3.8) is 0 Å². The van der Waals surface area contributed by atoms with Crippen LogP contribution in [-0.2, 0) is 13.6 Å². The lowest BCUT2D eigenvalue weighted by Gasteiger charge is -2.58. The fraction of sp³-hybridized carbons (Fsp3) is 0.654. The molecule has 2 aliphatic rings. The predicted molar refractivity (Wildman–Crippen MR) is 131 cm³/mol. The third-order valence-corrected chi connectivity index (χ3v) is 8.71. The smallest absolute Gasteiger partial charge is 0.330 e. The van der Waals surface area contributed by atoms with E-state index in [1.165, 1.54) is 54.1 Å². The molecule has 2 heterocycles. The van der Waals surface area contributed by atoms with Crippen LogP contribution in [0.3, 0.4) is 0 Å². The van der Waals surface area contributed by atoms with Crippen LogP contribution in [0, 0.1) is 22.7 Å². The van der Waals surface area contributed by atoms with Gasteiger partial charge in [0.2, 0.25) is 0 Å². The molecule has 2 aromatic heterocycles. The van der Waals surface area contributed by atoms with E-state index in [9.17, 15) is 4.79 Å². The minimum atomic E-state index is -0.114. The minimum absolute atomic E-state index is 0.114. The summed E-state index contributed by atoms with van der Waals surface area (Å²) in [5.41, 5.74) is 10.7. The van der Waals surface area contributed by atoms with E-state index in [1.807, 2.05) is 0 Å². The lowest BCUT2D eigenvalue weighted by molar-refractivity contribution is -0.0539. The van der Waals surface area contributed by atoms with Gasteiger partial charge in [-0.1, -0.05) is 51.0 Å². The number of hydrogen-bond acceptors (Lipinski definition) is 4. The monoisotopic (exact) mass is 437 g/mol. The van der Waals surface area contributed by atoms with Gasteiger partial charge in [0.1, 0.15) is 11.8 Å². The van der Waals surface area contributed by atoms with E-state index in [0.29, 0.717) is 40.3 Å². The van der Waals surface area contributed by atoms with Crippen molar-refractivity contribution in [1.29, 1.82) is 0 Å². The Balaban J connectivity index is 1.51. The molecule has 6 nitrogen and oxygen atoms in total. The number of allylic oxidation sites excluding steroid dienone is 3. The topological polar surface area (TPSA) is 78.7 Å². The van der Waals surface area contributed by atoms with Crippen molar-refractivity contribution in [2.24, 2.45) is 29.7 Å². The van der Waals surface area contributed by atoms with Crippen LogP contribution in [0.4, 0.5) is 5.82 Å². The number of nitrogens with two attached hydrogens (primary N) is 1. The Hall–Kier alpha value is -2.37. The van der Waals surface area contributed by atoms with Gasteiger partial charge in [0.15, 0.2) is 11.5 Å². The maximum absolute atomic E-state index is 12.7. The van der Waals surface area contributed by atoms with E-state index < -0.39 is 0 Å². The first-order valence-electron chi connectivity index (χ1n) is 12.1. The molecule has 0 amide bonds. The van der Waals surface area contributed by atoms with Crippen molar-refractivity contribution in [3.8, 4) is 0 Å². The molecule has 2 aromatic rings. The van der Waals surface area contributed by atoms with Crippen molar-refractivity contribution >= 4 is 17.0 Å². The third-order valence-electron chi connectivity index (χ3n) is 8.71. The summed E-state index contributed by atoms with van der Waals surface area (Å²) >= 11 is 0. The van der Waals surface area contributed by atoms with E-state index in [4.69, 9.17) is 5.73 Å². The van der Waals surface area contributed by atoms with Gasteiger partial charge >= 0.3 is 5.69 Å². The van der Waals surface area contributed by atoms with Crippen LogP contribution in [0.25, 0.3) is 11.2 Å². The van der Waals surface area contributed by atoms with Crippen LogP contribution < -0.4 is 11.4 Å². The molecule has 0 radical (unpaired) electrons. The second-order valence-electron chi connectivity index (χ2n) is 11.1. The number of anilines is 1. The first-order valence-corrected chi connectivity index (χ1v) is 12.1. The summed E-state index contributed by atoms with van der Waals surface area (Å²) in [6.07, 6.45) is 12.2. The molecular formula is C26H39N5O. The maximum Gasteiger partial charge on any atom is 0.330 e. The molecule has 0 aliphatic heterocycles. The Kier molecular flexibility index (Phi) is 5.84.